The maximum atomic E-state index is 11.7. The smallest absolute Gasteiger partial charge is 0.326 e. The van der Waals surface area contributed by atoms with Crippen molar-refractivity contribution in [1.29, 1.82) is 0 Å². The molecule has 0 radical (unpaired) electrons. The number of amides is 3. The topological polar surface area (TPSA) is 173 Å². The summed E-state index contributed by atoms with van der Waals surface area (Å²) in [5.41, 5.74) is 0. The van der Waals surface area contributed by atoms with Gasteiger partial charge < -0.3 is 30.0 Å². The quantitative estimate of drug-likeness (QED) is 0.204. The van der Waals surface area contributed by atoms with Crippen molar-refractivity contribution in [3.8, 4) is 0 Å². The van der Waals surface area contributed by atoms with E-state index in [1.54, 1.807) is 20.8 Å². The van der Waals surface area contributed by atoms with Crippen LogP contribution >= 0.6 is 37.9 Å². The lowest BCUT2D eigenvalue weighted by molar-refractivity contribution is -0.149. The number of aliphatic carboxylic acids is 3. The normalized spacial score (nSPS) is 23.6. The second kappa shape index (κ2) is 18.5. The van der Waals surface area contributed by atoms with E-state index in [4.69, 9.17) is 15.3 Å². The highest BCUT2D eigenvalue weighted by Gasteiger charge is 2.37. The summed E-state index contributed by atoms with van der Waals surface area (Å²) < 4.78 is 0. The van der Waals surface area contributed by atoms with Crippen LogP contribution in [0.5, 0.6) is 0 Å². The number of carboxylic acid groups (broad SMARTS) is 3. The molecule has 0 saturated carbocycles. The highest BCUT2D eigenvalue weighted by atomic mass is 32.1. The summed E-state index contributed by atoms with van der Waals surface area (Å²) in [6.45, 7) is 7.00. The van der Waals surface area contributed by atoms with E-state index in [0.29, 0.717) is 56.2 Å². The second-order valence-corrected chi connectivity index (χ2v) is 11.9. The standard InChI is InChI=1S/3C9H15NO3S/c3*1-6(5-14)8(11)10-4-2-3-7(10)9(12)13/h3*6-7,14H,2-5H2,1H3,(H,12,13)/t3*6-,7+/m111/s1. The number of hydrogen-bond acceptors (Lipinski definition) is 9. The number of likely N-dealkylation sites (tertiary alicyclic amines) is 3. The first kappa shape index (κ1) is 37.9. The van der Waals surface area contributed by atoms with Crippen molar-refractivity contribution >= 4 is 73.5 Å². The molecule has 0 bridgehead atoms. The van der Waals surface area contributed by atoms with Crippen LogP contribution in [0.15, 0.2) is 0 Å². The predicted molar refractivity (Wildman–Crippen MR) is 166 cm³/mol. The molecule has 0 aromatic carbocycles. The first-order chi connectivity index (χ1) is 19.7. The van der Waals surface area contributed by atoms with E-state index < -0.39 is 36.0 Å². The predicted octanol–water partition coefficient (Wildman–Crippen LogP) is 1.88. The van der Waals surface area contributed by atoms with Gasteiger partial charge in [0.2, 0.25) is 17.7 Å². The summed E-state index contributed by atoms with van der Waals surface area (Å²) in [6, 6.07) is -1.86. The van der Waals surface area contributed by atoms with E-state index in [0.717, 1.165) is 19.3 Å². The zero-order valence-corrected chi connectivity index (χ0v) is 27.1. The van der Waals surface area contributed by atoms with Crippen molar-refractivity contribution in [3.05, 3.63) is 0 Å². The van der Waals surface area contributed by atoms with Crippen LogP contribution < -0.4 is 0 Å². The lowest BCUT2D eigenvalue weighted by Crippen LogP contribution is -2.43. The summed E-state index contributed by atoms with van der Waals surface area (Å²) in [5.74, 6) is -2.19. The lowest BCUT2D eigenvalue weighted by atomic mass is 10.1. The van der Waals surface area contributed by atoms with Crippen molar-refractivity contribution in [1.82, 2.24) is 14.7 Å². The number of rotatable bonds is 9. The summed E-state index contributed by atoms with van der Waals surface area (Å²) >= 11 is 12.1. The number of carbonyl (C=O) groups excluding carboxylic acids is 3. The van der Waals surface area contributed by atoms with Gasteiger partial charge in [-0.1, -0.05) is 20.8 Å². The zero-order valence-electron chi connectivity index (χ0n) is 24.4. The molecule has 240 valence electrons. The fourth-order valence-electron chi connectivity index (χ4n) is 4.95. The van der Waals surface area contributed by atoms with Gasteiger partial charge in [-0.15, -0.1) is 0 Å². The highest BCUT2D eigenvalue weighted by molar-refractivity contribution is 7.80. The van der Waals surface area contributed by atoms with Crippen molar-refractivity contribution < 1.29 is 44.1 Å². The van der Waals surface area contributed by atoms with Crippen LogP contribution in [0, 0.1) is 17.8 Å². The Hall–Kier alpha value is -2.13. The summed E-state index contributed by atoms with van der Waals surface area (Å²) in [4.78, 5) is 71.9. The van der Waals surface area contributed by atoms with Gasteiger partial charge in [0.05, 0.1) is 0 Å². The van der Waals surface area contributed by atoms with E-state index >= 15 is 0 Å². The third kappa shape index (κ3) is 10.5. The van der Waals surface area contributed by atoms with Gasteiger partial charge in [-0.3, -0.25) is 14.4 Å². The number of carboxylic acids is 3. The second-order valence-electron chi connectivity index (χ2n) is 10.8. The molecule has 6 atom stereocenters. The number of nitrogens with zero attached hydrogens (tertiary/aromatic N) is 3. The van der Waals surface area contributed by atoms with Gasteiger partial charge in [0.1, 0.15) is 18.1 Å². The Morgan fingerprint density at radius 2 is 0.762 bits per heavy atom. The van der Waals surface area contributed by atoms with E-state index in [9.17, 15) is 28.8 Å². The Balaban J connectivity index is 0.000000315. The molecule has 0 aliphatic carbocycles. The molecule has 3 fully saturated rings. The van der Waals surface area contributed by atoms with E-state index in [1.807, 2.05) is 0 Å². The SMILES string of the molecule is C[C@H](CS)C(=O)N1CCC[C@H]1C(=O)O.C[C@H](CS)C(=O)N1CCC[C@H]1C(=O)O.C[C@H](CS)C(=O)N1CCC[C@H]1C(=O)O. The van der Waals surface area contributed by atoms with Crippen LogP contribution in [0.3, 0.4) is 0 Å². The molecular weight excluding hydrogens is 607 g/mol. The van der Waals surface area contributed by atoms with Gasteiger partial charge in [-0.25, -0.2) is 14.4 Å². The minimum Gasteiger partial charge on any atom is -0.480 e. The van der Waals surface area contributed by atoms with Gasteiger partial charge in [0.25, 0.3) is 0 Å². The van der Waals surface area contributed by atoms with Crippen molar-refractivity contribution in [2.45, 2.75) is 77.4 Å². The molecule has 12 nitrogen and oxygen atoms in total. The lowest BCUT2D eigenvalue weighted by Gasteiger charge is -2.24. The van der Waals surface area contributed by atoms with Gasteiger partial charge in [0, 0.05) is 54.6 Å². The molecular formula is C27H45N3O9S3. The molecule has 0 aromatic heterocycles. The Bertz CT molecular complexity index is 852. The molecule has 3 amide bonds. The van der Waals surface area contributed by atoms with Crippen LogP contribution in [0.2, 0.25) is 0 Å². The molecule has 0 spiro atoms. The third-order valence-corrected chi connectivity index (χ3v) is 9.19. The summed E-state index contributed by atoms with van der Waals surface area (Å²) in [5, 5.41) is 26.6. The highest BCUT2D eigenvalue weighted by Crippen LogP contribution is 2.22. The summed E-state index contributed by atoms with van der Waals surface area (Å²) in [7, 11) is 0. The van der Waals surface area contributed by atoms with Gasteiger partial charge in [-0.05, 0) is 38.5 Å². The van der Waals surface area contributed by atoms with E-state index in [2.05, 4.69) is 37.9 Å². The maximum Gasteiger partial charge on any atom is 0.326 e. The fraction of sp³-hybridized carbons (Fsp3) is 0.778. The van der Waals surface area contributed by atoms with Crippen LogP contribution in [0.1, 0.15) is 59.3 Å². The van der Waals surface area contributed by atoms with Crippen LogP contribution in [-0.2, 0) is 28.8 Å². The molecule has 3 N–H and O–H groups in total. The van der Waals surface area contributed by atoms with Crippen molar-refractivity contribution in [2.75, 3.05) is 36.9 Å². The third-order valence-electron chi connectivity index (χ3n) is 7.55. The molecule has 3 aliphatic heterocycles. The molecule has 0 unspecified atom stereocenters. The molecule has 3 saturated heterocycles. The molecule has 3 heterocycles. The number of thiol groups is 3. The Morgan fingerprint density at radius 1 is 0.548 bits per heavy atom. The molecule has 3 aliphatic rings. The van der Waals surface area contributed by atoms with Crippen LogP contribution in [0.4, 0.5) is 0 Å². The van der Waals surface area contributed by atoms with Crippen LogP contribution in [0.25, 0.3) is 0 Å². The molecule has 0 aromatic rings. The fourth-order valence-corrected chi connectivity index (χ4v) is 5.41. The van der Waals surface area contributed by atoms with E-state index in [-0.39, 0.29) is 35.5 Å². The molecule has 15 heteroatoms. The number of hydrogen-bond donors (Lipinski definition) is 6. The monoisotopic (exact) mass is 651 g/mol. The number of carbonyl (C=O) groups is 6. The largest absolute Gasteiger partial charge is 0.480 e. The maximum absolute atomic E-state index is 11.7. The average molecular weight is 652 g/mol. The molecule has 42 heavy (non-hydrogen) atoms. The van der Waals surface area contributed by atoms with Gasteiger partial charge >= 0.3 is 17.9 Å². The zero-order chi connectivity index (χ0) is 32.1. The van der Waals surface area contributed by atoms with Gasteiger partial charge in [0.15, 0.2) is 0 Å². The minimum absolute atomic E-state index is 0.0927. The average Bonchev–Trinajstić information content (AvgIpc) is 3.75. The Morgan fingerprint density at radius 3 is 0.929 bits per heavy atom. The Kier molecular flexibility index (Phi) is 16.7. The van der Waals surface area contributed by atoms with Crippen LogP contribution in [-0.4, -0.2) is 121 Å². The van der Waals surface area contributed by atoms with Gasteiger partial charge in [-0.2, -0.15) is 37.9 Å². The molecule has 3 rings (SSSR count). The minimum atomic E-state index is -0.901. The van der Waals surface area contributed by atoms with Crippen molar-refractivity contribution in [3.63, 3.8) is 0 Å². The van der Waals surface area contributed by atoms with Crippen molar-refractivity contribution in [2.24, 2.45) is 17.8 Å². The Labute approximate surface area is 263 Å². The summed E-state index contributed by atoms with van der Waals surface area (Å²) in [6.07, 6.45) is 4.05. The first-order valence-electron chi connectivity index (χ1n) is 14.2. The first-order valence-corrected chi connectivity index (χ1v) is 16.0. The van der Waals surface area contributed by atoms with E-state index in [1.165, 1.54) is 14.7 Å².